The molecule has 3 aromatic rings. The minimum atomic E-state index is 0.0120. The van der Waals surface area contributed by atoms with Gasteiger partial charge in [0.1, 0.15) is 0 Å². The van der Waals surface area contributed by atoms with Gasteiger partial charge in [0.05, 0.1) is 5.69 Å². The maximum absolute atomic E-state index is 12.3. The molecule has 0 saturated carbocycles. The van der Waals surface area contributed by atoms with Gasteiger partial charge in [-0.2, -0.15) is 5.10 Å². The van der Waals surface area contributed by atoms with Crippen LogP contribution in [0.1, 0.15) is 32.1 Å². The Morgan fingerprint density at radius 2 is 1.70 bits per heavy atom. The molecule has 0 aliphatic carbocycles. The number of carbonyl (C=O) groups is 1. The van der Waals surface area contributed by atoms with Crippen LogP contribution in [0.5, 0.6) is 0 Å². The molecule has 0 unspecified atom stereocenters. The standard InChI is InChI=1S/C21H25N5O/c22-15-9-2-1-6-14-19(27)23-18-13-8-7-12-17(18)21-24-20(25-26-21)16-10-4-3-5-11-16/h3-5,7-8,10-13H,1-2,6,9,14-15,22H2,(H,23,27)(H,24,25,26). The lowest BCUT2D eigenvalue weighted by molar-refractivity contribution is -0.116. The Bertz CT molecular complexity index is 860. The number of nitrogens with one attached hydrogen (secondary N) is 2. The number of hydrogen-bond acceptors (Lipinski definition) is 4. The molecule has 1 aromatic heterocycles. The van der Waals surface area contributed by atoms with Crippen molar-refractivity contribution in [1.82, 2.24) is 15.2 Å². The summed E-state index contributed by atoms with van der Waals surface area (Å²) in [6, 6.07) is 17.4. The van der Waals surface area contributed by atoms with Crippen molar-refractivity contribution in [3.63, 3.8) is 0 Å². The monoisotopic (exact) mass is 363 g/mol. The van der Waals surface area contributed by atoms with E-state index in [4.69, 9.17) is 5.73 Å². The van der Waals surface area contributed by atoms with Crippen molar-refractivity contribution in [2.75, 3.05) is 11.9 Å². The second-order valence-corrected chi connectivity index (χ2v) is 6.42. The first-order valence-corrected chi connectivity index (χ1v) is 9.35. The second kappa shape index (κ2) is 9.64. The van der Waals surface area contributed by atoms with Crippen LogP contribution in [0.25, 0.3) is 22.8 Å². The number of rotatable bonds is 9. The van der Waals surface area contributed by atoms with Crippen molar-refractivity contribution < 1.29 is 4.79 Å². The van der Waals surface area contributed by atoms with E-state index in [1.807, 2.05) is 54.6 Å². The molecule has 0 aliphatic heterocycles. The lowest BCUT2D eigenvalue weighted by Crippen LogP contribution is -2.12. The third kappa shape index (κ3) is 5.24. The summed E-state index contributed by atoms with van der Waals surface area (Å²) in [5.74, 6) is 1.28. The van der Waals surface area contributed by atoms with Crippen molar-refractivity contribution >= 4 is 11.6 Å². The number of benzene rings is 2. The quantitative estimate of drug-likeness (QED) is 0.501. The molecule has 2 aromatic carbocycles. The molecule has 6 nitrogen and oxygen atoms in total. The van der Waals surface area contributed by atoms with E-state index in [1.54, 1.807) is 0 Å². The number of unbranched alkanes of at least 4 members (excludes halogenated alkanes) is 3. The number of carbonyl (C=O) groups excluding carboxylic acids is 1. The van der Waals surface area contributed by atoms with Crippen molar-refractivity contribution in [2.24, 2.45) is 5.73 Å². The Morgan fingerprint density at radius 3 is 2.52 bits per heavy atom. The Labute approximate surface area is 159 Å². The highest BCUT2D eigenvalue weighted by Crippen LogP contribution is 2.27. The summed E-state index contributed by atoms with van der Waals surface area (Å²) in [7, 11) is 0. The van der Waals surface area contributed by atoms with Crippen LogP contribution >= 0.6 is 0 Å². The van der Waals surface area contributed by atoms with Crippen molar-refractivity contribution in [2.45, 2.75) is 32.1 Å². The summed E-state index contributed by atoms with van der Waals surface area (Å²) >= 11 is 0. The Morgan fingerprint density at radius 1 is 0.963 bits per heavy atom. The average molecular weight is 363 g/mol. The number of nitrogens with zero attached hydrogens (tertiary/aromatic N) is 2. The van der Waals surface area contributed by atoms with Crippen LogP contribution in [0.4, 0.5) is 5.69 Å². The SMILES string of the molecule is NCCCCCCC(=O)Nc1ccccc1-c1nc(-c2ccccc2)n[nH]1. The number of aromatic amines is 1. The number of nitrogens with two attached hydrogens (primary N) is 1. The molecular weight excluding hydrogens is 338 g/mol. The third-order valence-electron chi connectivity index (χ3n) is 4.33. The number of hydrogen-bond donors (Lipinski definition) is 3. The molecule has 1 heterocycles. The van der Waals surface area contributed by atoms with Crippen LogP contribution in [-0.4, -0.2) is 27.6 Å². The van der Waals surface area contributed by atoms with E-state index in [0.717, 1.165) is 42.5 Å². The third-order valence-corrected chi connectivity index (χ3v) is 4.33. The fourth-order valence-electron chi connectivity index (χ4n) is 2.89. The van der Waals surface area contributed by atoms with E-state index in [0.29, 0.717) is 24.6 Å². The maximum Gasteiger partial charge on any atom is 0.224 e. The molecule has 27 heavy (non-hydrogen) atoms. The van der Waals surface area contributed by atoms with Gasteiger partial charge in [0.15, 0.2) is 11.6 Å². The number of para-hydroxylation sites is 1. The molecule has 140 valence electrons. The van der Waals surface area contributed by atoms with Gasteiger partial charge < -0.3 is 11.1 Å². The van der Waals surface area contributed by atoms with E-state index in [-0.39, 0.29) is 5.91 Å². The average Bonchev–Trinajstić information content (AvgIpc) is 3.19. The first kappa shape index (κ1) is 18.8. The molecule has 0 atom stereocenters. The van der Waals surface area contributed by atoms with Gasteiger partial charge in [-0.3, -0.25) is 9.89 Å². The van der Waals surface area contributed by atoms with Gasteiger partial charge in [-0.25, -0.2) is 4.98 Å². The van der Waals surface area contributed by atoms with Crippen molar-refractivity contribution in [1.29, 1.82) is 0 Å². The zero-order valence-electron chi connectivity index (χ0n) is 15.3. The fraction of sp³-hybridized carbons (Fsp3) is 0.286. The maximum atomic E-state index is 12.3. The predicted molar refractivity (Wildman–Crippen MR) is 108 cm³/mol. The highest BCUT2D eigenvalue weighted by atomic mass is 16.1. The summed E-state index contributed by atoms with van der Waals surface area (Å²) in [4.78, 5) is 16.9. The topological polar surface area (TPSA) is 96.7 Å². The second-order valence-electron chi connectivity index (χ2n) is 6.42. The molecule has 6 heteroatoms. The number of aromatic nitrogens is 3. The largest absolute Gasteiger partial charge is 0.330 e. The summed E-state index contributed by atoms with van der Waals surface area (Å²) in [5.41, 5.74) is 7.99. The Balaban J connectivity index is 1.68. The summed E-state index contributed by atoms with van der Waals surface area (Å²) in [6.45, 7) is 0.710. The predicted octanol–water partition coefficient (Wildman–Crippen LogP) is 3.99. The molecule has 0 spiro atoms. The molecule has 0 fully saturated rings. The molecule has 0 aliphatic rings. The van der Waals surface area contributed by atoms with E-state index in [9.17, 15) is 4.79 Å². The van der Waals surface area contributed by atoms with Crippen LogP contribution in [0.3, 0.4) is 0 Å². The highest BCUT2D eigenvalue weighted by Gasteiger charge is 2.12. The zero-order chi connectivity index (χ0) is 18.9. The minimum absolute atomic E-state index is 0.0120. The van der Waals surface area contributed by atoms with Crippen LogP contribution in [0, 0.1) is 0 Å². The van der Waals surface area contributed by atoms with Gasteiger partial charge >= 0.3 is 0 Å². The van der Waals surface area contributed by atoms with Crippen LogP contribution < -0.4 is 11.1 Å². The van der Waals surface area contributed by atoms with Gasteiger partial charge in [0, 0.05) is 17.5 Å². The lowest BCUT2D eigenvalue weighted by Gasteiger charge is -2.09. The van der Waals surface area contributed by atoms with Crippen molar-refractivity contribution in [3.05, 3.63) is 54.6 Å². The first-order valence-electron chi connectivity index (χ1n) is 9.35. The molecule has 0 bridgehead atoms. The minimum Gasteiger partial charge on any atom is -0.330 e. The molecule has 0 radical (unpaired) electrons. The molecule has 4 N–H and O–H groups in total. The smallest absolute Gasteiger partial charge is 0.224 e. The van der Waals surface area contributed by atoms with Crippen LogP contribution in [0.15, 0.2) is 54.6 Å². The summed E-state index contributed by atoms with van der Waals surface area (Å²) < 4.78 is 0. The first-order chi connectivity index (χ1) is 13.3. The highest BCUT2D eigenvalue weighted by molar-refractivity contribution is 5.94. The van der Waals surface area contributed by atoms with E-state index in [1.165, 1.54) is 0 Å². The number of amides is 1. The summed E-state index contributed by atoms with van der Waals surface area (Å²) in [5, 5.41) is 10.3. The zero-order valence-corrected chi connectivity index (χ0v) is 15.3. The van der Waals surface area contributed by atoms with Crippen LogP contribution in [-0.2, 0) is 4.79 Å². The van der Waals surface area contributed by atoms with E-state index in [2.05, 4.69) is 20.5 Å². The number of H-pyrrole nitrogens is 1. The molecule has 1 amide bonds. The fourth-order valence-corrected chi connectivity index (χ4v) is 2.89. The normalized spacial score (nSPS) is 10.7. The van der Waals surface area contributed by atoms with E-state index >= 15 is 0 Å². The molecule has 0 saturated heterocycles. The van der Waals surface area contributed by atoms with E-state index < -0.39 is 0 Å². The summed E-state index contributed by atoms with van der Waals surface area (Å²) in [6.07, 6.45) is 4.48. The van der Waals surface area contributed by atoms with Gasteiger partial charge in [-0.15, -0.1) is 0 Å². The Hall–Kier alpha value is -2.99. The molecule has 3 rings (SSSR count). The van der Waals surface area contributed by atoms with Crippen LogP contribution in [0.2, 0.25) is 0 Å². The van der Waals surface area contributed by atoms with Gasteiger partial charge in [-0.1, -0.05) is 55.3 Å². The lowest BCUT2D eigenvalue weighted by atomic mass is 10.1. The van der Waals surface area contributed by atoms with Gasteiger partial charge in [-0.05, 0) is 31.5 Å². The van der Waals surface area contributed by atoms with Gasteiger partial charge in [0.25, 0.3) is 0 Å². The molecular formula is C21H25N5O. The van der Waals surface area contributed by atoms with Crippen molar-refractivity contribution in [3.8, 4) is 22.8 Å². The Kier molecular flexibility index (Phi) is 6.71. The van der Waals surface area contributed by atoms with Gasteiger partial charge in [0.2, 0.25) is 5.91 Å². The number of anilines is 1.